The monoisotopic (exact) mass is 1100 g/mol. The van der Waals surface area contributed by atoms with Crippen molar-refractivity contribution in [3.63, 3.8) is 0 Å². The van der Waals surface area contributed by atoms with Crippen LogP contribution in [0.4, 0.5) is 4.79 Å². The van der Waals surface area contributed by atoms with E-state index in [1.54, 1.807) is 0 Å². The SMILES string of the molecule is Cc1oc(-c2ccccc2)nc1CCOc1ccc(CCNC(=O)OC(C)(C)C)cc1.Cc1oc(-c2ccccc2)nc1CCOc1cccc(CNCc2ccc(CCN(CC(=O)O)Cc3ccc(Oc4ccccc4)cc3)cc2)n1. The van der Waals surface area contributed by atoms with Crippen molar-refractivity contribution in [2.75, 3.05) is 32.8 Å². The van der Waals surface area contributed by atoms with Crippen LogP contribution >= 0.6 is 0 Å². The number of carbonyl (C=O) groups excluding carboxylic acids is 1. The summed E-state index contributed by atoms with van der Waals surface area (Å²) in [7, 11) is 0. The van der Waals surface area contributed by atoms with Crippen LogP contribution in [-0.2, 0) is 54.8 Å². The zero-order chi connectivity index (χ0) is 57.5. The number of rotatable bonds is 26. The molecule has 1 amide bonds. The predicted molar refractivity (Wildman–Crippen MR) is 317 cm³/mol. The van der Waals surface area contributed by atoms with Crippen LogP contribution in [0.3, 0.4) is 0 Å². The van der Waals surface area contributed by atoms with Gasteiger partial charge in [0, 0.05) is 62.8 Å². The second-order valence-corrected chi connectivity index (χ2v) is 20.6. The molecule has 424 valence electrons. The first-order valence-electron chi connectivity index (χ1n) is 27.6. The van der Waals surface area contributed by atoms with E-state index in [2.05, 4.69) is 49.9 Å². The van der Waals surface area contributed by atoms with E-state index in [1.165, 1.54) is 0 Å². The number of hydrogen-bond acceptors (Lipinski definition) is 13. The lowest BCUT2D eigenvalue weighted by Crippen LogP contribution is -2.33. The van der Waals surface area contributed by atoms with Crippen LogP contribution in [-0.4, -0.2) is 75.5 Å². The average Bonchev–Trinajstić information content (AvgIpc) is 4.11. The third kappa shape index (κ3) is 19.6. The molecule has 15 nitrogen and oxygen atoms in total. The Morgan fingerprint density at radius 1 is 0.549 bits per heavy atom. The first kappa shape index (κ1) is 59.1. The Kier molecular flexibility index (Phi) is 21.6. The van der Waals surface area contributed by atoms with Gasteiger partial charge in [-0.1, -0.05) is 109 Å². The summed E-state index contributed by atoms with van der Waals surface area (Å²) in [6, 6.07) is 59.3. The summed E-state index contributed by atoms with van der Waals surface area (Å²) in [5.41, 5.74) is 8.57. The molecule has 0 saturated heterocycles. The summed E-state index contributed by atoms with van der Waals surface area (Å²) in [6.45, 7) is 13.3. The third-order valence-corrected chi connectivity index (χ3v) is 12.9. The maximum absolute atomic E-state index is 11.7. The fourth-order valence-corrected chi connectivity index (χ4v) is 8.65. The van der Waals surface area contributed by atoms with Gasteiger partial charge in [0.15, 0.2) is 0 Å². The van der Waals surface area contributed by atoms with E-state index in [-0.39, 0.29) is 6.54 Å². The van der Waals surface area contributed by atoms with E-state index in [1.807, 2.05) is 197 Å². The fraction of sp³-hybridized carbons (Fsp3) is 0.269. The lowest BCUT2D eigenvalue weighted by atomic mass is 10.1. The highest BCUT2D eigenvalue weighted by atomic mass is 16.6. The number of aromatic nitrogens is 3. The Bertz CT molecular complexity index is 3360. The highest BCUT2D eigenvalue weighted by Crippen LogP contribution is 2.25. The molecule has 9 aromatic rings. The van der Waals surface area contributed by atoms with Gasteiger partial charge in [-0.15, -0.1) is 0 Å². The number of nitrogens with one attached hydrogen (secondary N) is 2. The van der Waals surface area contributed by atoms with E-state index in [0.717, 1.165) is 92.1 Å². The van der Waals surface area contributed by atoms with E-state index in [4.69, 9.17) is 27.8 Å². The number of benzene rings is 6. The summed E-state index contributed by atoms with van der Waals surface area (Å²) < 4.78 is 34.6. The summed E-state index contributed by atoms with van der Waals surface area (Å²) in [5.74, 6) is 4.92. The fourth-order valence-electron chi connectivity index (χ4n) is 8.65. The van der Waals surface area contributed by atoms with E-state index >= 15 is 0 Å². The van der Waals surface area contributed by atoms with E-state index < -0.39 is 17.7 Å². The zero-order valence-electron chi connectivity index (χ0n) is 47.3. The maximum atomic E-state index is 11.7. The molecular formula is C67H72N6O9. The molecule has 0 bridgehead atoms. The molecule has 0 radical (unpaired) electrons. The molecule has 0 aliphatic carbocycles. The predicted octanol–water partition coefficient (Wildman–Crippen LogP) is 13.2. The van der Waals surface area contributed by atoms with Crippen molar-refractivity contribution in [3.8, 4) is 46.0 Å². The number of amides is 1. The molecular weight excluding hydrogens is 1030 g/mol. The Balaban J connectivity index is 0.000000243. The van der Waals surface area contributed by atoms with Gasteiger partial charge in [-0.3, -0.25) is 9.69 Å². The molecule has 3 N–H and O–H groups in total. The number of oxazole rings is 2. The molecule has 0 saturated carbocycles. The lowest BCUT2D eigenvalue weighted by Gasteiger charge is -2.20. The summed E-state index contributed by atoms with van der Waals surface area (Å²) in [4.78, 5) is 39.1. The molecule has 82 heavy (non-hydrogen) atoms. The van der Waals surface area contributed by atoms with Crippen molar-refractivity contribution in [2.45, 2.75) is 85.5 Å². The topological polar surface area (TPSA) is 184 Å². The van der Waals surface area contributed by atoms with E-state index in [9.17, 15) is 14.7 Å². The first-order valence-corrected chi connectivity index (χ1v) is 27.6. The molecule has 0 aliphatic heterocycles. The average molecular weight is 1110 g/mol. The summed E-state index contributed by atoms with van der Waals surface area (Å²) in [6.07, 6.45) is 2.37. The van der Waals surface area contributed by atoms with Gasteiger partial charge in [0.1, 0.15) is 34.4 Å². The molecule has 0 atom stereocenters. The standard InChI is InChI=1S/C42H42N4O5.C25H30N2O4/c1-31-39(45-42(50-31)35-9-4-2-5-10-35)24-26-49-40-14-8-11-36(44-40)28-43-27-33-17-15-32(16-18-33)23-25-46(30-41(47)48)29-34-19-21-38(22-20-34)51-37-12-6-3-7-13-37;1-18-22(27-23(30-18)20-8-6-5-7-9-20)15-17-29-21-12-10-19(11-13-21)14-16-26-24(28)31-25(2,3)4/h2-22,43H,23-30H2,1H3,(H,47,48);5-13H,14-17H2,1-4H3,(H,26,28). The number of nitrogens with zero attached hydrogens (tertiary/aromatic N) is 4. The van der Waals surface area contributed by atoms with Gasteiger partial charge < -0.3 is 43.5 Å². The number of aliphatic carboxylic acids is 1. The maximum Gasteiger partial charge on any atom is 0.407 e. The molecule has 0 spiro atoms. The first-order chi connectivity index (χ1) is 39.8. The number of carboxylic acid groups (broad SMARTS) is 1. The molecule has 15 heteroatoms. The molecule has 3 aromatic heterocycles. The van der Waals surface area contributed by atoms with Crippen LogP contribution in [0, 0.1) is 13.8 Å². The van der Waals surface area contributed by atoms with Crippen LogP contribution in [0.25, 0.3) is 22.9 Å². The zero-order valence-corrected chi connectivity index (χ0v) is 47.3. The van der Waals surface area contributed by atoms with E-state index in [0.29, 0.717) is 76.4 Å². The second-order valence-electron chi connectivity index (χ2n) is 20.6. The Morgan fingerprint density at radius 2 is 1.07 bits per heavy atom. The van der Waals surface area contributed by atoms with Crippen molar-refractivity contribution in [1.29, 1.82) is 0 Å². The minimum atomic E-state index is -0.841. The van der Waals surface area contributed by atoms with Crippen molar-refractivity contribution >= 4 is 12.1 Å². The van der Waals surface area contributed by atoms with Gasteiger partial charge in [0.05, 0.1) is 36.8 Å². The van der Waals surface area contributed by atoms with Crippen molar-refractivity contribution in [2.24, 2.45) is 0 Å². The number of aryl methyl sites for hydroxylation is 2. The summed E-state index contributed by atoms with van der Waals surface area (Å²) >= 11 is 0. The van der Waals surface area contributed by atoms with Crippen LogP contribution < -0.4 is 24.8 Å². The number of pyridine rings is 1. The van der Waals surface area contributed by atoms with Gasteiger partial charge in [0.2, 0.25) is 17.7 Å². The molecule has 0 aliphatic rings. The van der Waals surface area contributed by atoms with Gasteiger partial charge in [-0.25, -0.2) is 19.7 Å². The lowest BCUT2D eigenvalue weighted by molar-refractivity contribution is -0.138. The number of hydrogen-bond donors (Lipinski definition) is 3. The third-order valence-electron chi connectivity index (χ3n) is 12.9. The Morgan fingerprint density at radius 3 is 1.67 bits per heavy atom. The van der Waals surface area contributed by atoms with Crippen molar-refractivity contribution in [3.05, 3.63) is 233 Å². The summed E-state index contributed by atoms with van der Waals surface area (Å²) in [5, 5.41) is 15.8. The minimum Gasteiger partial charge on any atom is -0.493 e. The quantitative estimate of drug-likeness (QED) is 0.0465. The number of carbonyl (C=O) groups is 2. The normalized spacial score (nSPS) is 11.1. The number of para-hydroxylation sites is 1. The number of ether oxygens (including phenoxy) is 4. The minimum absolute atomic E-state index is 0.0264. The Hall–Kier alpha value is -9.05. The van der Waals surface area contributed by atoms with Crippen LogP contribution in [0.2, 0.25) is 0 Å². The Labute approximate surface area is 480 Å². The molecule has 6 aromatic carbocycles. The largest absolute Gasteiger partial charge is 0.493 e. The molecule has 9 rings (SSSR count). The van der Waals surface area contributed by atoms with Crippen LogP contribution in [0.15, 0.2) is 191 Å². The van der Waals surface area contributed by atoms with Crippen molar-refractivity contribution in [1.82, 2.24) is 30.5 Å². The molecule has 0 unspecified atom stereocenters. The molecule has 0 fully saturated rings. The highest BCUT2D eigenvalue weighted by Gasteiger charge is 2.17. The van der Waals surface area contributed by atoms with Crippen LogP contribution in [0.5, 0.6) is 23.1 Å². The van der Waals surface area contributed by atoms with Gasteiger partial charge in [-0.05, 0) is 136 Å². The van der Waals surface area contributed by atoms with Gasteiger partial charge in [-0.2, -0.15) is 0 Å². The highest BCUT2D eigenvalue weighted by molar-refractivity contribution is 5.69. The molecule has 3 heterocycles. The number of carboxylic acids is 1. The van der Waals surface area contributed by atoms with Crippen LogP contribution in [0.1, 0.15) is 71.6 Å². The smallest absolute Gasteiger partial charge is 0.407 e. The number of alkyl carbamates (subject to hydrolysis) is 1. The van der Waals surface area contributed by atoms with Gasteiger partial charge >= 0.3 is 12.1 Å². The van der Waals surface area contributed by atoms with Crippen molar-refractivity contribution < 1.29 is 42.5 Å². The second kappa shape index (κ2) is 30.0. The van der Waals surface area contributed by atoms with Gasteiger partial charge in [0.25, 0.3) is 0 Å².